The van der Waals surface area contributed by atoms with Crippen molar-refractivity contribution < 1.29 is 24.5 Å². The van der Waals surface area contributed by atoms with Gasteiger partial charge in [-0.05, 0) is 36.6 Å². The summed E-state index contributed by atoms with van der Waals surface area (Å²) in [7, 11) is 1.61. The predicted molar refractivity (Wildman–Crippen MR) is 106 cm³/mol. The van der Waals surface area contributed by atoms with E-state index < -0.39 is 18.0 Å². The molecule has 2 atom stereocenters. The van der Waals surface area contributed by atoms with Crippen molar-refractivity contribution in [3.8, 4) is 11.5 Å². The van der Waals surface area contributed by atoms with Crippen molar-refractivity contribution in [2.75, 3.05) is 20.2 Å². The fourth-order valence-corrected chi connectivity index (χ4v) is 3.43. The highest BCUT2D eigenvalue weighted by molar-refractivity contribution is 5.71. The van der Waals surface area contributed by atoms with Gasteiger partial charge in [-0.25, -0.2) is 0 Å². The number of aliphatic carboxylic acids is 1. The first-order chi connectivity index (χ1) is 13.5. The van der Waals surface area contributed by atoms with Gasteiger partial charge in [-0.15, -0.1) is 0 Å². The van der Waals surface area contributed by atoms with Crippen molar-refractivity contribution in [2.45, 2.75) is 32.6 Å². The van der Waals surface area contributed by atoms with Gasteiger partial charge < -0.3 is 19.7 Å². The standard InChI is InChI=1S/C22H27NO5/c1-15-3-5-16(6-4-15)14-28-20-8-7-17(11-21(20)27-2)12-23-10-9-19(24)18(13-23)22(25)26/h3-8,11,18-19,24H,9-10,12-14H2,1-2H3,(H,25,26)/t18-,19+/m0/s1. The van der Waals surface area contributed by atoms with Crippen molar-refractivity contribution in [2.24, 2.45) is 5.92 Å². The topological polar surface area (TPSA) is 79.2 Å². The Balaban J connectivity index is 1.64. The van der Waals surface area contributed by atoms with Crippen LogP contribution in [0.1, 0.15) is 23.1 Å². The van der Waals surface area contributed by atoms with Crippen molar-refractivity contribution in [3.63, 3.8) is 0 Å². The SMILES string of the molecule is COc1cc(CN2CC[C@@H](O)[C@@H](C(=O)O)C2)ccc1OCc1ccc(C)cc1. The van der Waals surface area contributed by atoms with Crippen molar-refractivity contribution >= 4 is 5.97 Å². The number of aliphatic hydroxyl groups excluding tert-OH is 1. The summed E-state index contributed by atoms with van der Waals surface area (Å²) in [6.07, 6.45) is -0.313. The van der Waals surface area contributed by atoms with Gasteiger partial charge in [-0.2, -0.15) is 0 Å². The summed E-state index contributed by atoms with van der Waals surface area (Å²) >= 11 is 0. The van der Waals surface area contributed by atoms with Crippen LogP contribution in [0.3, 0.4) is 0 Å². The highest BCUT2D eigenvalue weighted by Gasteiger charge is 2.33. The van der Waals surface area contributed by atoms with Gasteiger partial charge in [0.25, 0.3) is 0 Å². The normalized spacial score (nSPS) is 20.0. The molecule has 0 aliphatic carbocycles. The van der Waals surface area contributed by atoms with Crippen LogP contribution in [0.4, 0.5) is 0 Å². The van der Waals surface area contributed by atoms with Crippen LogP contribution in [0.2, 0.25) is 0 Å². The Morgan fingerprint density at radius 1 is 1.14 bits per heavy atom. The van der Waals surface area contributed by atoms with E-state index in [-0.39, 0.29) is 0 Å². The molecule has 2 aromatic carbocycles. The molecule has 2 aromatic rings. The van der Waals surface area contributed by atoms with E-state index in [2.05, 4.69) is 12.1 Å². The smallest absolute Gasteiger partial charge is 0.310 e. The maximum Gasteiger partial charge on any atom is 0.310 e. The number of benzene rings is 2. The van der Waals surface area contributed by atoms with E-state index in [1.807, 2.05) is 42.2 Å². The first-order valence-electron chi connectivity index (χ1n) is 9.44. The van der Waals surface area contributed by atoms with Crippen LogP contribution in [0.25, 0.3) is 0 Å². The van der Waals surface area contributed by atoms with Gasteiger partial charge in [0.2, 0.25) is 0 Å². The largest absolute Gasteiger partial charge is 0.493 e. The molecule has 150 valence electrons. The van der Waals surface area contributed by atoms with Gasteiger partial charge in [-0.1, -0.05) is 35.9 Å². The molecule has 1 aliphatic rings. The zero-order valence-electron chi connectivity index (χ0n) is 16.3. The molecule has 2 N–H and O–H groups in total. The molecule has 6 nitrogen and oxygen atoms in total. The maximum atomic E-state index is 11.3. The van der Waals surface area contributed by atoms with Crippen LogP contribution in [0.15, 0.2) is 42.5 Å². The lowest BCUT2D eigenvalue weighted by Gasteiger charge is -2.34. The number of methoxy groups -OCH3 is 1. The van der Waals surface area contributed by atoms with Crippen LogP contribution >= 0.6 is 0 Å². The molecular weight excluding hydrogens is 358 g/mol. The highest BCUT2D eigenvalue weighted by atomic mass is 16.5. The first kappa shape index (κ1) is 20.2. The van der Waals surface area contributed by atoms with Crippen LogP contribution in [0, 0.1) is 12.8 Å². The fourth-order valence-electron chi connectivity index (χ4n) is 3.43. The Bertz CT molecular complexity index is 805. The highest BCUT2D eigenvalue weighted by Crippen LogP contribution is 2.30. The van der Waals surface area contributed by atoms with Crippen LogP contribution in [0.5, 0.6) is 11.5 Å². The lowest BCUT2D eigenvalue weighted by molar-refractivity contribution is -0.149. The molecule has 1 saturated heterocycles. The second kappa shape index (κ2) is 9.08. The van der Waals surface area contributed by atoms with Gasteiger partial charge in [0, 0.05) is 19.6 Å². The first-order valence-corrected chi connectivity index (χ1v) is 9.44. The number of hydrogen-bond donors (Lipinski definition) is 2. The Hall–Kier alpha value is -2.57. The molecule has 0 spiro atoms. The zero-order chi connectivity index (χ0) is 20.1. The molecule has 0 radical (unpaired) electrons. The van der Waals surface area contributed by atoms with Crippen LogP contribution < -0.4 is 9.47 Å². The Kier molecular flexibility index (Phi) is 6.54. The second-order valence-electron chi connectivity index (χ2n) is 7.30. The molecule has 28 heavy (non-hydrogen) atoms. The van der Waals surface area contributed by atoms with Crippen molar-refractivity contribution in [1.29, 1.82) is 0 Å². The fraction of sp³-hybridized carbons (Fsp3) is 0.409. The van der Waals surface area contributed by atoms with E-state index in [0.29, 0.717) is 44.2 Å². The summed E-state index contributed by atoms with van der Waals surface area (Å²) < 4.78 is 11.4. The molecule has 1 fully saturated rings. The van der Waals surface area contributed by atoms with Crippen molar-refractivity contribution in [3.05, 3.63) is 59.2 Å². The average molecular weight is 385 g/mol. The van der Waals surface area contributed by atoms with Crippen LogP contribution in [-0.2, 0) is 17.9 Å². The van der Waals surface area contributed by atoms with Gasteiger partial charge >= 0.3 is 5.97 Å². The van der Waals surface area contributed by atoms with Crippen molar-refractivity contribution in [1.82, 2.24) is 4.90 Å². The number of rotatable bonds is 7. The molecule has 0 aromatic heterocycles. The van der Waals surface area contributed by atoms with E-state index in [9.17, 15) is 15.0 Å². The number of ether oxygens (including phenoxy) is 2. The molecule has 3 rings (SSSR count). The second-order valence-corrected chi connectivity index (χ2v) is 7.30. The van der Waals surface area contributed by atoms with E-state index in [4.69, 9.17) is 9.47 Å². The molecule has 6 heteroatoms. The average Bonchev–Trinajstić information content (AvgIpc) is 2.69. The predicted octanol–water partition coefficient (Wildman–Crippen LogP) is 2.85. The minimum Gasteiger partial charge on any atom is -0.493 e. The number of hydrogen-bond acceptors (Lipinski definition) is 5. The number of nitrogens with zero attached hydrogens (tertiary/aromatic N) is 1. The van der Waals surface area contributed by atoms with E-state index in [0.717, 1.165) is 11.1 Å². The Labute approximate surface area is 165 Å². The Morgan fingerprint density at radius 3 is 2.54 bits per heavy atom. The number of aryl methyl sites for hydroxylation is 1. The molecule has 0 bridgehead atoms. The summed E-state index contributed by atoms with van der Waals surface area (Å²) in [6.45, 7) is 4.11. The Morgan fingerprint density at radius 2 is 1.86 bits per heavy atom. The number of piperidine rings is 1. The minimum absolute atomic E-state index is 0.338. The maximum absolute atomic E-state index is 11.3. The summed E-state index contributed by atoms with van der Waals surface area (Å²) in [4.78, 5) is 13.3. The molecular formula is C22H27NO5. The number of likely N-dealkylation sites (tertiary alicyclic amines) is 1. The third-order valence-corrected chi connectivity index (χ3v) is 5.13. The number of carbonyl (C=O) groups is 1. The molecule has 0 saturated carbocycles. The van der Waals surface area contributed by atoms with Crippen LogP contribution in [-0.4, -0.2) is 47.4 Å². The number of aliphatic hydroxyl groups is 1. The summed E-state index contributed by atoms with van der Waals surface area (Å²) in [5.74, 6) is -0.372. The lowest BCUT2D eigenvalue weighted by Crippen LogP contribution is -2.46. The van der Waals surface area contributed by atoms with Gasteiger partial charge in [-0.3, -0.25) is 9.69 Å². The molecule has 1 heterocycles. The monoisotopic (exact) mass is 385 g/mol. The lowest BCUT2D eigenvalue weighted by atomic mass is 9.94. The zero-order valence-corrected chi connectivity index (χ0v) is 16.3. The summed E-state index contributed by atoms with van der Waals surface area (Å²) in [5.41, 5.74) is 3.31. The van der Waals surface area contributed by atoms with Gasteiger partial charge in [0.15, 0.2) is 11.5 Å². The minimum atomic E-state index is -0.949. The molecule has 0 amide bonds. The summed E-state index contributed by atoms with van der Waals surface area (Å²) in [5, 5.41) is 19.1. The van der Waals surface area contributed by atoms with E-state index in [1.165, 1.54) is 5.56 Å². The number of carboxylic acid groups (broad SMARTS) is 1. The quantitative estimate of drug-likeness (QED) is 0.763. The molecule has 0 unspecified atom stereocenters. The van der Waals surface area contributed by atoms with E-state index in [1.54, 1.807) is 7.11 Å². The van der Waals surface area contributed by atoms with E-state index >= 15 is 0 Å². The third kappa shape index (κ3) is 5.03. The molecule has 1 aliphatic heterocycles. The number of carboxylic acids is 1. The van der Waals surface area contributed by atoms with Gasteiger partial charge in [0.05, 0.1) is 19.1 Å². The van der Waals surface area contributed by atoms with Gasteiger partial charge in [0.1, 0.15) is 6.61 Å². The third-order valence-electron chi connectivity index (χ3n) is 5.13. The summed E-state index contributed by atoms with van der Waals surface area (Å²) in [6, 6.07) is 14.0.